The zero-order valence-electron chi connectivity index (χ0n) is 10.0. The summed E-state index contributed by atoms with van der Waals surface area (Å²) in [6.45, 7) is 0. The highest BCUT2D eigenvalue weighted by atomic mass is 127. The third kappa shape index (κ3) is 2.64. The van der Waals surface area contributed by atoms with Crippen molar-refractivity contribution in [2.45, 2.75) is 0 Å². The van der Waals surface area contributed by atoms with E-state index in [-0.39, 0.29) is 0 Å². The molecule has 19 heavy (non-hydrogen) atoms. The predicted octanol–water partition coefficient (Wildman–Crippen LogP) is 4.66. The summed E-state index contributed by atoms with van der Waals surface area (Å²) in [6.07, 6.45) is 1.83. The monoisotopic (exact) mass is 378 g/mol. The molecule has 0 fully saturated rings. The van der Waals surface area contributed by atoms with Crippen molar-refractivity contribution in [2.24, 2.45) is 0 Å². The molecular formula is C15H11IN2S. The second-order valence-corrected chi connectivity index (χ2v) is 6.21. The first-order chi connectivity index (χ1) is 9.24. The van der Waals surface area contributed by atoms with E-state index >= 15 is 0 Å². The van der Waals surface area contributed by atoms with Crippen LogP contribution in [0.3, 0.4) is 0 Å². The molecule has 3 rings (SSSR count). The summed E-state index contributed by atoms with van der Waals surface area (Å²) in [6, 6.07) is 14.4. The summed E-state index contributed by atoms with van der Waals surface area (Å²) in [5, 5.41) is 3.05. The van der Waals surface area contributed by atoms with Crippen LogP contribution in [0.4, 0.5) is 5.69 Å². The number of halogens is 1. The largest absolute Gasteiger partial charge is 0.399 e. The quantitative estimate of drug-likeness (QED) is 0.520. The highest BCUT2D eigenvalue weighted by Gasteiger charge is 2.07. The summed E-state index contributed by atoms with van der Waals surface area (Å²) < 4.78 is 1.22. The van der Waals surface area contributed by atoms with Gasteiger partial charge in [0, 0.05) is 26.4 Å². The molecule has 0 aliphatic rings. The van der Waals surface area contributed by atoms with E-state index < -0.39 is 0 Å². The van der Waals surface area contributed by atoms with Crippen molar-refractivity contribution in [3.8, 4) is 21.7 Å². The van der Waals surface area contributed by atoms with Gasteiger partial charge in [0.05, 0.1) is 0 Å². The lowest BCUT2D eigenvalue weighted by Crippen LogP contribution is -1.87. The Morgan fingerprint density at radius 1 is 1.00 bits per heavy atom. The van der Waals surface area contributed by atoms with Gasteiger partial charge >= 0.3 is 0 Å². The van der Waals surface area contributed by atoms with Crippen molar-refractivity contribution in [1.82, 2.24) is 4.98 Å². The van der Waals surface area contributed by atoms with E-state index in [1.807, 2.05) is 23.7 Å². The van der Waals surface area contributed by atoms with Gasteiger partial charge in [0.2, 0.25) is 0 Å². The van der Waals surface area contributed by atoms with E-state index in [1.54, 1.807) is 11.3 Å². The van der Waals surface area contributed by atoms with E-state index in [0.717, 1.165) is 16.3 Å². The van der Waals surface area contributed by atoms with Crippen LogP contribution in [-0.2, 0) is 0 Å². The van der Waals surface area contributed by atoms with E-state index in [1.165, 1.54) is 14.7 Å². The molecule has 0 amide bonds. The van der Waals surface area contributed by atoms with Gasteiger partial charge in [-0.3, -0.25) is 0 Å². The van der Waals surface area contributed by atoms with Crippen LogP contribution in [0.15, 0.2) is 54.0 Å². The average molecular weight is 378 g/mol. The van der Waals surface area contributed by atoms with Crippen LogP contribution in [0, 0.1) is 3.57 Å². The van der Waals surface area contributed by atoms with Crippen LogP contribution < -0.4 is 5.73 Å². The molecule has 94 valence electrons. The summed E-state index contributed by atoms with van der Waals surface area (Å²) >= 11 is 4.01. The smallest absolute Gasteiger partial charge is 0.123 e. The fourth-order valence-corrected chi connectivity index (χ4v) is 3.19. The Balaban J connectivity index is 2.10. The standard InChI is InChI=1S/C15H11IN2S/c16-14-6-3-11(15-18-7-8-19-15)9-13(14)10-1-4-12(17)5-2-10/h1-9H,17H2. The minimum absolute atomic E-state index is 0.787. The van der Waals surface area contributed by atoms with Gasteiger partial charge in [-0.2, -0.15) is 0 Å². The van der Waals surface area contributed by atoms with Crippen molar-refractivity contribution < 1.29 is 0 Å². The van der Waals surface area contributed by atoms with Gasteiger partial charge in [0.25, 0.3) is 0 Å². The molecule has 0 spiro atoms. The molecular weight excluding hydrogens is 367 g/mol. The summed E-state index contributed by atoms with van der Waals surface area (Å²) in [7, 11) is 0. The lowest BCUT2D eigenvalue weighted by atomic mass is 10.0. The van der Waals surface area contributed by atoms with E-state index in [4.69, 9.17) is 5.73 Å². The van der Waals surface area contributed by atoms with Crippen LogP contribution in [0.1, 0.15) is 0 Å². The van der Waals surface area contributed by atoms with Crippen LogP contribution in [0.25, 0.3) is 21.7 Å². The van der Waals surface area contributed by atoms with Gasteiger partial charge in [0.15, 0.2) is 0 Å². The molecule has 0 atom stereocenters. The average Bonchev–Trinajstić information content (AvgIpc) is 2.94. The number of rotatable bonds is 2. The van der Waals surface area contributed by atoms with Crippen molar-refractivity contribution >= 4 is 39.6 Å². The third-order valence-electron chi connectivity index (χ3n) is 2.87. The van der Waals surface area contributed by atoms with Crippen LogP contribution in [0.2, 0.25) is 0 Å². The van der Waals surface area contributed by atoms with Crippen LogP contribution in [0.5, 0.6) is 0 Å². The Hall–Kier alpha value is -1.40. The number of anilines is 1. The second-order valence-electron chi connectivity index (χ2n) is 4.15. The lowest BCUT2D eigenvalue weighted by Gasteiger charge is -2.07. The Morgan fingerprint density at radius 3 is 2.42 bits per heavy atom. The summed E-state index contributed by atoms with van der Waals surface area (Å²) in [4.78, 5) is 4.36. The van der Waals surface area contributed by atoms with E-state index in [0.29, 0.717) is 0 Å². The maximum atomic E-state index is 5.74. The molecule has 0 aliphatic carbocycles. The van der Waals surface area contributed by atoms with Gasteiger partial charge in [-0.1, -0.05) is 18.2 Å². The van der Waals surface area contributed by atoms with Crippen molar-refractivity contribution in [1.29, 1.82) is 0 Å². The molecule has 1 aromatic heterocycles. The molecule has 3 aromatic rings. The summed E-state index contributed by atoms with van der Waals surface area (Å²) in [5.74, 6) is 0. The van der Waals surface area contributed by atoms with Gasteiger partial charge in [-0.15, -0.1) is 11.3 Å². The number of thiazole rings is 1. The van der Waals surface area contributed by atoms with Crippen LogP contribution in [-0.4, -0.2) is 4.98 Å². The van der Waals surface area contributed by atoms with Crippen molar-refractivity contribution in [2.75, 3.05) is 5.73 Å². The maximum Gasteiger partial charge on any atom is 0.123 e. The molecule has 2 nitrogen and oxygen atoms in total. The van der Waals surface area contributed by atoms with Gasteiger partial charge in [-0.05, 0) is 58.0 Å². The lowest BCUT2D eigenvalue weighted by molar-refractivity contribution is 1.41. The number of nitrogens with two attached hydrogens (primary N) is 1. The number of nitrogens with zero attached hydrogens (tertiary/aromatic N) is 1. The normalized spacial score (nSPS) is 10.6. The topological polar surface area (TPSA) is 38.9 Å². The van der Waals surface area contributed by atoms with Gasteiger partial charge < -0.3 is 5.73 Å². The maximum absolute atomic E-state index is 5.74. The molecule has 0 bridgehead atoms. The molecule has 4 heteroatoms. The van der Waals surface area contributed by atoms with Crippen molar-refractivity contribution in [3.05, 3.63) is 57.6 Å². The first kappa shape index (κ1) is 12.6. The Labute approximate surface area is 129 Å². The minimum Gasteiger partial charge on any atom is -0.399 e. The fraction of sp³-hybridized carbons (Fsp3) is 0. The van der Waals surface area contributed by atoms with E-state index in [2.05, 4.69) is 57.9 Å². The van der Waals surface area contributed by atoms with Crippen molar-refractivity contribution in [3.63, 3.8) is 0 Å². The Kier molecular flexibility index (Phi) is 3.52. The summed E-state index contributed by atoms with van der Waals surface area (Å²) in [5.41, 5.74) is 10.1. The SMILES string of the molecule is Nc1ccc(-c2cc(-c3nccs3)ccc2I)cc1. The number of aromatic nitrogens is 1. The first-order valence-corrected chi connectivity index (χ1v) is 7.75. The molecule has 2 aromatic carbocycles. The first-order valence-electron chi connectivity index (χ1n) is 5.79. The number of hydrogen-bond acceptors (Lipinski definition) is 3. The number of nitrogen functional groups attached to an aromatic ring is 1. The molecule has 0 aliphatic heterocycles. The zero-order valence-corrected chi connectivity index (χ0v) is 13.0. The minimum atomic E-state index is 0.787. The molecule has 0 saturated carbocycles. The van der Waals surface area contributed by atoms with Gasteiger partial charge in [-0.25, -0.2) is 4.98 Å². The highest BCUT2D eigenvalue weighted by molar-refractivity contribution is 14.1. The third-order valence-corrected chi connectivity index (χ3v) is 4.63. The van der Waals surface area contributed by atoms with Crippen LogP contribution >= 0.6 is 33.9 Å². The molecule has 0 radical (unpaired) electrons. The fourth-order valence-electron chi connectivity index (χ4n) is 1.91. The molecule has 1 heterocycles. The van der Waals surface area contributed by atoms with Gasteiger partial charge in [0.1, 0.15) is 5.01 Å². The van der Waals surface area contributed by atoms with E-state index in [9.17, 15) is 0 Å². The Morgan fingerprint density at radius 2 is 1.74 bits per heavy atom. The predicted molar refractivity (Wildman–Crippen MR) is 90.1 cm³/mol. The Bertz CT molecular complexity index is 691. The second kappa shape index (κ2) is 5.30. The molecule has 0 unspecified atom stereocenters. The zero-order chi connectivity index (χ0) is 13.2. The molecule has 0 saturated heterocycles. The number of benzene rings is 2. The highest BCUT2D eigenvalue weighted by Crippen LogP contribution is 2.31. The number of hydrogen-bond donors (Lipinski definition) is 1. The molecule has 2 N–H and O–H groups in total.